The van der Waals surface area contributed by atoms with Crippen LogP contribution >= 0.6 is 0 Å². The van der Waals surface area contributed by atoms with Gasteiger partial charge in [-0.25, -0.2) is 18.1 Å². The summed E-state index contributed by atoms with van der Waals surface area (Å²) in [6.45, 7) is 15.7. The number of Topliss-reactive ketones (excluding diaryl/α,β-unsaturated/α-hetero) is 1. The summed E-state index contributed by atoms with van der Waals surface area (Å²) in [5.74, 6) is -0.774. The van der Waals surface area contributed by atoms with Crippen molar-refractivity contribution in [2.24, 2.45) is 5.92 Å². The highest BCUT2D eigenvalue weighted by atomic mass is 19.3. The van der Waals surface area contributed by atoms with Crippen LogP contribution in [0.5, 0.6) is 23.0 Å². The molecule has 13 nitrogen and oxygen atoms in total. The number of nitrogens with two attached hydrogens (primary N) is 1. The third-order valence-corrected chi connectivity index (χ3v) is 10.7. The number of imidazole rings is 1. The number of fused-ring (bicyclic) bond motifs is 1. The molecule has 0 radical (unpaired) electrons. The Morgan fingerprint density at radius 1 is 0.810 bits per heavy atom. The van der Waals surface area contributed by atoms with Gasteiger partial charge in [0.05, 0.1) is 42.3 Å². The number of anilines is 3. The maximum atomic E-state index is 13.2. The topological polar surface area (TPSA) is 148 Å². The largest absolute Gasteiger partial charge is 0.496 e. The van der Waals surface area contributed by atoms with Crippen LogP contribution in [0.4, 0.5) is 34.6 Å². The number of ketones is 1. The van der Waals surface area contributed by atoms with Crippen molar-refractivity contribution in [3.63, 3.8) is 0 Å². The number of methoxy groups -OCH3 is 2. The van der Waals surface area contributed by atoms with Crippen LogP contribution in [0.3, 0.4) is 0 Å². The molecular weight excluding hydrogens is 823 g/mol. The lowest BCUT2D eigenvalue weighted by Crippen LogP contribution is -2.26. The summed E-state index contributed by atoms with van der Waals surface area (Å²) in [5, 5.41) is 5.79. The quantitative estimate of drug-likeness (QED) is 0.0381. The number of benzene rings is 4. The maximum Gasteiger partial charge on any atom is 0.387 e. The number of nitrogens with zero attached hydrogens (tertiary/aromatic N) is 4. The molecule has 0 spiro atoms. The Hall–Kier alpha value is -7.01. The predicted octanol–water partition coefficient (Wildman–Crippen LogP) is 10.4. The summed E-state index contributed by atoms with van der Waals surface area (Å²) in [6.07, 6.45) is 5.46. The number of hydrogen-bond donors (Lipinski definition) is 3. The van der Waals surface area contributed by atoms with Crippen molar-refractivity contribution in [3.8, 4) is 28.7 Å². The molecule has 0 saturated heterocycles. The van der Waals surface area contributed by atoms with Gasteiger partial charge < -0.3 is 45.0 Å². The number of nitrogen functional groups attached to an aromatic ring is 1. The molecule has 5 aromatic rings. The molecule has 0 bridgehead atoms. The average Bonchev–Trinajstić information content (AvgIpc) is 4.19. The Morgan fingerprint density at radius 2 is 1.37 bits per heavy atom. The molecule has 2 aliphatic carbocycles. The molecular formula is C46H47F4N7O6. The minimum Gasteiger partial charge on any atom is -0.496 e. The van der Waals surface area contributed by atoms with Crippen LogP contribution in [-0.4, -0.2) is 54.7 Å². The van der Waals surface area contributed by atoms with Gasteiger partial charge in [0, 0.05) is 81.2 Å². The van der Waals surface area contributed by atoms with Gasteiger partial charge in [-0.15, -0.1) is 0 Å². The number of ether oxygens (including phenoxy) is 4. The summed E-state index contributed by atoms with van der Waals surface area (Å²) in [4.78, 5) is 37.0. The van der Waals surface area contributed by atoms with Crippen molar-refractivity contribution in [1.29, 1.82) is 0 Å². The van der Waals surface area contributed by atoms with Crippen LogP contribution in [0.15, 0.2) is 67.0 Å². The van der Waals surface area contributed by atoms with E-state index in [-0.39, 0.29) is 58.3 Å². The zero-order valence-electron chi connectivity index (χ0n) is 35.5. The number of rotatable bonds is 16. The molecule has 63 heavy (non-hydrogen) atoms. The van der Waals surface area contributed by atoms with Crippen LogP contribution in [0.1, 0.15) is 91.6 Å². The normalized spacial score (nSPS) is 13.7. The maximum absolute atomic E-state index is 13.2. The second-order valence-corrected chi connectivity index (χ2v) is 16.2. The highest BCUT2D eigenvalue weighted by molar-refractivity contribution is 6.02. The summed E-state index contributed by atoms with van der Waals surface area (Å²) < 4.78 is 74.2. The molecule has 4 aromatic carbocycles. The van der Waals surface area contributed by atoms with Gasteiger partial charge >= 0.3 is 13.2 Å². The summed E-state index contributed by atoms with van der Waals surface area (Å²) in [6, 6.07) is 16.5. The molecule has 4 N–H and O–H groups in total. The predicted molar refractivity (Wildman–Crippen MR) is 229 cm³/mol. The minimum atomic E-state index is -3.12. The van der Waals surface area contributed by atoms with Crippen molar-refractivity contribution in [3.05, 3.63) is 112 Å². The van der Waals surface area contributed by atoms with Crippen LogP contribution < -0.4 is 35.3 Å². The highest BCUT2D eigenvalue weighted by Gasteiger charge is 2.32. The van der Waals surface area contributed by atoms with E-state index in [1.807, 2.05) is 32.0 Å². The van der Waals surface area contributed by atoms with Gasteiger partial charge in [0.1, 0.15) is 40.5 Å². The molecule has 330 valence electrons. The Bertz CT molecular complexity index is 2610. The standard InChI is InChI=1S/C24H23F2N3O3.C22H24F2N4O3/c1-24(2,27-3)15-7-8-18-17(10-15)28-13-29(18)16-11-20(31-4)22(19(30)9-14-5-6-14)21(12-16)32-23(25)26;1-22(2,26-3)12-5-8-16(15(25)9-12)27-14-10-17(30-4)19(18(11-14)31-21(23)24)20(29)28-13-6-7-13/h7-8,10-14,23H,5-6,9H2,1-2,4H3;5,8-11,13,21,27H,6-7,25H2,1-2,4H3,(H,28,29). The molecule has 2 saturated carbocycles. The van der Waals surface area contributed by atoms with Crippen molar-refractivity contribution >= 4 is 39.8 Å². The summed E-state index contributed by atoms with van der Waals surface area (Å²) >= 11 is 0. The van der Waals surface area contributed by atoms with E-state index in [1.54, 1.807) is 49.0 Å². The van der Waals surface area contributed by atoms with Gasteiger partial charge in [0.15, 0.2) is 5.78 Å². The third-order valence-electron chi connectivity index (χ3n) is 10.7. The molecule has 0 atom stereocenters. The fourth-order valence-electron chi connectivity index (χ4n) is 6.69. The van der Waals surface area contributed by atoms with E-state index in [1.165, 1.54) is 32.4 Å². The summed E-state index contributed by atoms with van der Waals surface area (Å²) in [5.41, 5.74) is 9.30. The monoisotopic (exact) mass is 869 g/mol. The first-order valence-electron chi connectivity index (χ1n) is 20.0. The molecule has 2 aliphatic rings. The van der Waals surface area contributed by atoms with Gasteiger partial charge in [-0.3, -0.25) is 14.2 Å². The Kier molecular flexibility index (Phi) is 13.4. The van der Waals surface area contributed by atoms with E-state index in [9.17, 15) is 27.2 Å². The number of hydrogen-bond acceptors (Lipinski definition) is 9. The fourth-order valence-corrected chi connectivity index (χ4v) is 6.69. The number of aromatic nitrogens is 2. The van der Waals surface area contributed by atoms with Gasteiger partial charge in [0.2, 0.25) is 0 Å². The van der Waals surface area contributed by atoms with Crippen molar-refractivity contribution in [1.82, 2.24) is 14.9 Å². The van der Waals surface area contributed by atoms with E-state index in [4.69, 9.17) is 33.1 Å². The first-order chi connectivity index (χ1) is 29.9. The van der Waals surface area contributed by atoms with Gasteiger partial charge in [0.25, 0.3) is 17.0 Å². The number of nitrogens with one attached hydrogen (secondary N) is 2. The van der Waals surface area contributed by atoms with E-state index < -0.39 is 30.2 Å². The lowest BCUT2D eigenvalue weighted by atomic mass is 9.94. The summed E-state index contributed by atoms with van der Waals surface area (Å²) in [7, 11) is 2.73. The second kappa shape index (κ2) is 18.5. The first-order valence-corrected chi connectivity index (χ1v) is 20.0. The zero-order valence-corrected chi connectivity index (χ0v) is 35.5. The molecule has 0 aliphatic heterocycles. The fraction of sp³-hybridized carbons (Fsp3) is 0.370. The van der Waals surface area contributed by atoms with Crippen molar-refractivity contribution in [2.75, 3.05) is 25.3 Å². The van der Waals surface area contributed by atoms with E-state index >= 15 is 0 Å². The SMILES string of the molecule is [C-]#[N+]C(C)(C)c1ccc(Nc2cc(OC)c(C(=O)NC3CC3)c(OC(F)F)c2)c(N)c1.[C-]#[N+]C(C)(C)c1ccc2c(c1)ncn2-c1cc(OC)c(C(=O)CC2CC2)c(OC(F)F)c1. The first kappa shape index (κ1) is 45.5. The minimum absolute atomic E-state index is 0.0347. The lowest BCUT2D eigenvalue weighted by Gasteiger charge is -2.18. The molecule has 1 heterocycles. The van der Waals surface area contributed by atoms with Gasteiger partial charge in [-0.05, 0) is 68.0 Å². The molecule has 2 fully saturated rings. The van der Waals surface area contributed by atoms with Crippen LogP contribution in [-0.2, 0) is 11.1 Å². The third kappa shape index (κ3) is 10.7. The van der Waals surface area contributed by atoms with Gasteiger partial charge in [-0.1, -0.05) is 0 Å². The van der Waals surface area contributed by atoms with Crippen LogP contribution in [0.25, 0.3) is 26.4 Å². The zero-order chi connectivity index (χ0) is 45.8. The number of halogens is 4. The van der Waals surface area contributed by atoms with Crippen LogP contribution in [0, 0.1) is 19.1 Å². The lowest BCUT2D eigenvalue weighted by molar-refractivity contribution is -0.0509. The molecule has 17 heteroatoms. The van der Waals surface area contributed by atoms with Gasteiger partial charge in [-0.2, -0.15) is 17.6 Å². The van der Waals surface area contributed by atoms with E-state index in [0.717, 1.165) is 42.3 Å². The van der Waals surface area contributed by atoms with E-state index in [0.29, 0.717) is 28.3 Å². The molecule has 7 rings (SSSR count). The Labute approximate surface area is 362 Å². The van der Waals surface area contributed by atoms with E-state index in [2.05, 4.69) is 30.0 Å². The highest BCUT2D eigenvalue weighted by Crippen LogP contribution is 2.41. The smallest absolute Gasteiger partial charge is 0.387 e. The number of carbonyl (C=O) groups is 2. The Balaban J connectivity index is 0.000000210. The molecule has 1 amide bonds. The Morgan fingerprint density at radius 3 is 1.92 bits per heavy atom. The van der Waals surface area contributed by atoms with Crippen LogP contribution in [0.2, 0.25) is 0 Å². The van der Waals surface area contributed by atoms with Crippen molar-refractivity contribution in [2.45, 2.75) is 90.1 Å². The number of carbonyl (C=O) groups excluding carboxylic acids is 2. The molecule has 0 unspecified atom stereocenters. The number of alkyl halides is 4. The second-order valence-electron chi connectivity index (χ2n) is 16.2. The molecule has 1 aromatic heterocycles. The average molecular weight is 870 g/mol. The van der Waals surface area contributed by atoms with Crippen molar-refractivity contribution < 1.29 is 46.1 Å². The number of amides is 1.